The van der Waals surface area contributed by atoms with Crippen LogP contribution in [0.3, 0.4) is 0 Å². The van der Waals surface area contributed by atoms with Gasteiger partial charge in [0.05, 0.1) is 6.61 Å². The summed E-state index contributed by atoms with van der Waals surface area (Å²) in [6, 6.07) is 4.18. The van der Waals surface area contributed by atoms with Gasteiger partial charge < -0.3 is 10.4 Å². The van der Waals surface area contributed by atoms with E-state index in [4.69, 9.17) is 5.11 Å². The fraction of sp³-hybridized carbons (Fsp3) is 0.444. The zero-order chi connectivity index (χ0) is 8.81. The molecule has 0 aliphatic heterocycles. The maximum absolute atomic E-state index is 8.58. The average molecular weight is 166 g/mol. The fourth-order valence-electron chi connectivity index (χ4n) is 1.03. The fourth-order valence-corrected chi connectivity index (χ4v) is 1.03. The Bertz CT molecular complexity index is 213. The monoisotopic (exact) mass is 166 g/mol. The van der Waals surface area contributed by atoms with Gasteiger partial charge in [-0.2, -0.15) is 0 Å². The predicted octanol–water partition coefficient (Wildman–Crippen LogP) is 0.725. The van der Waals surface area contributed by atoms with Crippen LogP contribution in [0.4, 0.5) is 0 Å². The molecule has 1 aromatic rings. The number of aromatic nitrogens is 1. The van der Waals surface area contributed by atoms with Gasteiger partial charge in [0, 0.05) is 25.0 Å². The first-order valence-corrected chi connectivity index (χ1v) is 4.08. The van der Waals surface area contributed by atoms with E-state index >= 15 is 0 Å². The summed E-state index contributed by atoms with van der Waals surface area (Å²) >= 11 is 0. The minimum absolute atomic E-state index is 0.171. The molecule has 0 bridgehead atoms. The topological polar surface area (TPSA) is 45.1 Å². The number of hydrogen-bond acceptors (Lipinski definition) is 3. The molecule has 3 nitrogen and oxygen atoms in total. The molecular weight excluding hydrogens is 152 g/mol. The van der Waals surface area contributed by atoms with E-state index in [9.17, 15) is 0 Å². The molecule has 0 saturated carbocycles. The molecular formula is C9H14N2O. The number of nitrogens with one attached hydrogen (secondary N) is 1. The lowest BCUT2D eigenvalue weighted by Gasteiger charge is -2.11. The van der Waals surface area contributed by atoms with Gasteiger partial charge in [0.15, 0.2) is 0 Å². The van der Waals surface area contributed by atoms with Crippen LogP contribution in [0.15, 0.2) is 24.5 Å². The van der Waals surface area contributed by atoms with E-state index in [1.165, 1.54) is 0 Å². The Morgan fingerprint density at radius 1 is 1.67 bits per heavy atom. The molecule has 0 spiro atoms. The molecule has 12 heavy (non-hydrogen) atoms. The molecule has 0 aliphatic carbocycles. The maximum atomic E-state index is 8.58. The summed E-state index contributed by atoms with van der Waals surface area (Å²) in [5.74, 6) is 0. The molecule has 66 valence electrons. The van der Waals surface area contributed by atoms with E-state index in [1.54, 1.807) is 6.20 Å². The van der Waals surface area contributed by atoms with E-state index < -0.39 is 0 Å². The van der Waals surface area contributed by atoms with Gasteiger partial charge in [0.1, 0.15) is 0 Å². The van der Waals surface area contributed by atoms with E-state index in [1.807, 2.05) is 25.3 Å². The van der Waals surface area contributed by atoms with E-state index in [2.05, 4.69) is 10.3 Å². The number of aliphatic hydroxyl groups excluding tert-OH is 1. The van der Waals surface area contributed by atoms with Gasteiger partial charge in [-0.05, 0) is 18.6 Å². The Morgan fingerprint density at radius 3 is 3.08 bits per heavy atom. The first kappa shape index (κ1) is 9.16. The normalized spacial score (nSPS) is 12.8. The summed E-state index contributed by atoms with van der Waals surface area (Å²) in [5.41, 5.74) is 1.14. The number of pyridine rings is 1. The second-order valence-electron chi connectivity index (χ2n) is 2.69. The summed E-state index contributed by atoms with van der Waals surface area (Å²) in [7, 11) is 0. The van der Waals surface area contributed by atoms with Crippen molar-refractivity contribution < 1.29 is 5.11 Å². The largest absolute Gasteiger partial charge is 0.395 e. The molecule has 1 heterocycles. The van der Waals surface area contributed by atoms with Crippen molar-refractivity contribution >= 4 is 0 Å². The highest BCUT2D eigenvalue weighted by atomic mass is 16.3. The number of nitrogens with zero attached hydrogens (tertiary/aromatic N) is 1. The summed E-state index contributed by atoms with van der Waals surface area (Å²) in [6.07, 6.45) is 3.58. The van der Waals surface area contributed by atoms with Crippen LogP contribution >= 0.6 is 0 Å². The van der Waals surface area contributed by atoms with Crippen molar-refractivity contribution in [3.63, 3.8) is 0 Å². The average Bonchev–Trinajstić information content (AvgIpc) is 2.15. The second kappa shape index (κ2) is 4.85. The van der Waals surface area contributed by atoms with Crippen LogP contribution in [0.2, 0.25) is 0 Å². The molecule has 0 radical (unpaired) electrons. The first-order valence-electron chi connectivity index (χ1n) is 4.08. The van der Waals surface area contributed by atoms with Crippen LogP contribution in [-0.4, -0.2) is 23.2 Å². The first-order chi connectivity index (χ1) is 5.84. The van der Waals surface area contributed by atoms with Crippen molar-refractivity contribution in [2.45, 2.75) is 13.0 Å². The predicted molar refractivity (Wildman–Crippen MR) is 47.7 cm³/mol. The van der Waals surface area contributed by atoms with Crippen molar-refractivity contribution in [2.75, 3.05) is 13.2 Å². The molecule has 3 heteroatoms. The van der Waals surface area contributed by atoms with Gasteiger partial charge in [-0.1, -0.05) is 6.07 Å². The maximum Gasteiger partial charge on any atom is 0.0556 e. The van der Waals surface area contributed by atoms with Gasteiger partial charge >= 0.3 is 0 Å². The number of rotatable bonds is 4. The van der Waals surface area contributed by atoms with Gasteiger partial charge in [-0.3, -0.25) is 4.98 Å². The molecule has 2 N–H and O–H groups in total. The smallest absolute Gasteiger partial charge is 0.0556 e. The number of aliphatic hydroxyl groups is 1. The third-order valence-electron chi connectivity index (χ3n) is 1.75. The van der Waals surface area contributed by atoms with Crippen LogP contribution < -0.4 is 5.32 Å². The number of hydrogen-bond donors (Lipinski definition) is 2. The zero-order valence-electron chi connectivity index (χ0n) is 7.20. The molecule has 0 aromatic carbocycles. The highest BCUT2D eigenvalue weighted by molar-refractivity contribution is 5.12. The highest BCUT2D eigenvalue weighted by Crippen LogP contribution is 2.08. The second-order valence-corrected chi connectivity index (χ2v) is 2.69. The summed E-state index contributed by atoms with van der Waals surface area (Å²) in [4.78, 5) is 4.01. The van der Waals surface area contributed by atoms with E-state index in [-0.39, 0.29) is 12.6 Å². The van der Waals surface area contributed by atoms with E-state index in [0.717, 1.165) is 5.56 Å². The molecule has 0 saturated heterocycles. The molecule has 0 unspecified atom stereocenters. The van der Waals surface area contributed by atoms with Crippen molar-refractivity contribution in [3.05, 3.63) is 30.1 Å². The zero-order valence-corrected chi connectivity index (χ0v) is 7.20. The Balaban J connectivity index is 2.48. The molecule has 0 fully saturated rings. The lowest BCUT2D eigenvalue weighted by molar-refractivity contribution is 0.286. The molecule has 0 aliphatic rings. The SMILES string of the molecule is C[C@@H](NCCO)c1cccnc1. The lowest BCUT2D eigenvalue weighted by Crippen LogP contribution is -2.22. The van der Waals surface area contributed by atoms with Gasteiger partial charge in [0.2, 0.25) is 0 Å². The summed E-state index contributed by atoms with van der Waals surface area (Å²) < 4.78 is 0. The molecule has 1 rings (SSSR count). The van der Waals surface area contributed by atoms with Gasteiger partial charge in [-0.15, -0.1) is 0 Å². The standard InChI is InChI=1S/C9H14N2O/c1-8(11-5-6-12)9-3-2-4-10-7-9/h2-4,7-8,11-12H,5-6H2,1H3/t8-/m1/s1. The Hall–Kier alpha value is -0.930. The summed E-state index contributed by atoms with van der Waals surface area (Å²) in [5, 5.41) is 11.7. The van der Waals surface area contributed by atoms with Crippen molar-refractivity contribution in [1.82, 2.24) is 10.3 Å². The molecule has 1 aromatic heterocycles. The third kappa shape index (κ3) is 2.60. The third-order valence-corrected chi connectivity index (χ3v) is 1.75. The van der Waals surface area contributed by atoms with Crippen molar-refractivity contribution in [1.29, 1.82) is 0 Å². The van der Waals surface area contributed by atoms with Gasteiger partial charge in [-0.25, -0.2) is 0 Å². The summed E-state index contributed by atoms with van der Waals surface area (Å²) in [6.45, 7) is 2.84. The van der Waals surface area contributed by atoms with Crippen LogP contribution in [-0.2, 0) is 0 Å². The van der Waals surface area contributed by atoms with Crippen molar-refractivity contribution in [2.24, 2.45) is 0 Å². The Kier molecular flexibility index (Phi) is 3.70. The Morgan fingerprint density at radius 2 is 2.50 bits per heavy atom. The Labute approximate surface area is 72.5 Å². The van der Waals surface area contributed by atoms with Crippen molar-refractivity contribution in [3.8, 4) is 0 Å². The van der Waals surface area contributed by atoms with E-state index in [0.29, 0.717) is 6.54 Å². The highest BCUT2D eigenvalue weighted by Gasteiger charge is 2.01. The van der Waals surface area contributed by atoms with Crippen LogP contribution in [0.5, 0.6) is 0 Å². The van der Waals surface area contributed by atoms with Crippen LogP contribution in [0, 0.1) is 0 Å². The minimum Gasteiger partial charge on any atom is -0.395 e. The lowest BCUT2D eigenvalue weighted by atomic mass is 10.1. The minimum atomic E-state index is 0.171. The van der Waals surface area contributed by atoms with Gasteiger partial charge in [0.25, 0.3) is 0 Å². The van der Waals surface area contributed by atoms with Crippen LogP contribution in [0.25, 0.3) is 0 Å². The van der Waals surface area contributed by atoms with Crippen LogP contribution in [0.1, 0.15) is 18.5 Å². The molecule has 0 amide bonds. The quantitative estimate of drug-likeness (QED) is 0.693. The molecule has 1 atom stereocenters.